The molecular formula is C23H30O6. The fourth-order valence-electron chi connectivity index (χ4n) is 2.43. The van der Waals surface area contributed by atoms with E-state index in [0.717, 1.165) is 43.2 Å². The smallest absolute Gasteiger partial charge is 0.330 e. The van der Waals surface area contributed by atoms with Crippen molar-refractivity contribution in [3.05, 3.63) is 35.4 Å². The zero-order valence-electron chi connectivity index (χ0n) is 17.2. The van der Waals surface area contributed by atoms with Crippen LogP contribution in [0.15, 0.2) is 24.3 Å². The number of benzene rings is 1. The number of methoxy groups -OCH3 is 1. The van der Waals surface area contributed by atoms with Crippen LogP contribution in [0.3, 0.4) is 0 Å². The van der Waals surface area contributed by atoms with E-state index < -0.39 is 5.97 Å². The number of esters is 2. The second-order valence-electron chi connectivity index (χ2n) is 6.31. The van der Waals surface area contributed by atoms with Crippen molar-refractivity contribution in [3.63, 3.8) is 0 Å². The molecule has 1 aromatic carbocycles. The van der Waals surface area contributed by atoms with E-state index in [1.807, 2.05) is 18.2 Å². The van der Waals surface area contributed by atoms with Crippen molar-refractivity contribution in [2.24, 2.45) is 0 Å². The highest BCUT2D eigenvalue weighted by atomic mass is 16.5. The molecule has 1 aromatic rings. The third-order valence-corrected chi connectivity index (χ3v) is 3.94. The molecule has 29 heavy (non-hydrogen) atoms. The molecule has 6 heteroatoms. The lowest BCUT2D eigenvalue weighted by Crippen LogP contribution is -2.03. The predicted molar refractivity (Wildman–Crippen MR) is 111 cm³/mol. The number of aliphatic hydroxyl groups excluding tert-OH is 1. The summed E-state index contributed by atoms with van der Waals surface area (Å²) in [4.78, 5) is 22.2. The van der Waals surface area contributed by atoms with E-state index in [1.165, 1.54) is 20.1 Å². The summed E-state index contributed by atoms with van der Waals surface area (Å²) in [5, 5.41) is 8.84. The minimum Gasteiger partial charge on any atom is -0.493 e. The summed E-state index contributed by atoms with van der Waals surface area (Å²) >= 11 is 0. The van der Waals surface area contributed by atoms with Crippen molar-refractivity contribution in [1.82, 2.24) is 0 Å². The minimum atomic E-state index is -0.452. The second kappa shape index (κ2) is 15.2. The fourth-order valence-corrected chi connectivity index (χ4v) is 2.43. The number of hydrogen-bond acceptors (Lipinski definition) is 6. The average molecular weight is 402 g/mol. The quantitative estimate of drug-likeness (QED) is 0.249. The maximum absolute atomic E-state index is 11.5. The first kappa shape index (κ1) is 24.3. The van der Waals surface area contributed by atoms with Crippen LogP contribution in [0.5, 0.6) is 5.75 Å². The van der Waals surface area contributed by atoms with Crippen molar-refractivity contribution in [2.45, 2.75) is 45.4 Å². The van der Waals surface area contributed by atoms with Crippen LogP contribution in [0.4, 0.5) is 0 Å². The van der Waals surface area contributed by atoms with Crippen LogP contribution in [-0.2, 0) is 19.1 Å². The van der Waals surface area contributed by atoms with Crippen LogP contribution < -0.4 is 4.74 Å². The Balaban J connectivity index is 2.76. The molecule has 0 aliphatic heterocycles. The SMILES string of the molecule is COC(=O)C=Cc1c(C#CCCCCO)cccc1OCCCCCOC(C)=O. The molecule has 0 saturated carbocycles. The predicted octanol–water partition coefficient (Wildman–Crippen LogP) is 3.50. The van der Waals surface area contributed by atoms with Crippen molar-refractivity contribution in [3.8, 4) is 17.6 Å². The molecule has 0 atom stereocenters. The van der Waals surface area contributed by atoms with Crippen LogP contribution in [0.1, 0.15) is 56.6 Å². The number of carbonyl (C=O) groups excluding carboxylic acids is 2. The number of aliphatic hydroxyl groups is 1. The van der Waals surface area contributed by atoms with Gasteiger partial charge in [-0.15, -0.1) is 0 Å². The zero-order valence-corrected chi connectivity index (χ0v) is 17.2. The van der Waals surface area contributed by atoms with Gasteiger partial charge >= 0.3 is 11.9 Å². The Morgan fingerprint density at radius 2 is 1.90 bits per heavy atom. The highest BCUT2D eigenvalue weighted by Gasteiger charge is 2.07. The van der Waals surface area contributed by atoms with Gasteiger partial charge in [0.2, 0.25) is 0 Å². The van der Waals surface area contributed by atoms with Gasteiger partial charge in [0.15, 0.2) is 0 Å². The van der Waals surface area contributed by atoms with E-state index in [9.17, 15) is 9.59 Å². The third kappa shape index (κ3) is 11.0. The molecule has 1 rings (SSSR count). The lowest BCUT2D eigenvalue weighted by atomic mass is 10.1. The maximum atomic E-state index is 11.5. The Morgan fingerprint density at radius 1 is 1.10 bits per heavy atom. The van der Waals surface area contributed by atoms with Gasteiger partial charge in [-0.05, 0) is 50.3 Å². The third-order valence-electron chi connectivity index (χ3n) is 3.94. The summed E-state index contributed by atoms with van der Waals surface area (Å²) < 4.78 is 15.5. The first-order chi connectivity index (χ1) is 14.1. The van der Waals surface area contributed by atoms with E-state index in [2.05, 4.69) is 16.6 Å². The molecule has 6 nitrogen and oxygen atoms in total. The van der Waals surface area contributed by atoms with Crippen LogP contribution in [0, 0.1) is 11.8 Å². The van der Waals surface area contributed by atoms with Gasteiger partial charge in [-0.2, -0.15) is 0 Å². The minimum absolute atomic E-state index is 0.166. The van der Waals surface area contributed by atoms with Crippen LogP contribution in [0.25, 0.3) is 6.08 Å². The lowest BCUT2D eigenvalue weighted by Gasteiger charge is -2.11. The Kier molecular flexibility index (Phi) is 12.7. The summed E-state index contributed by atoms with van der Waals surface area (Å²) in [6.45, 7) is 2.49. The molecule has 0 amide bonds. The molecule has 0 saturated heterocycles. The number of rotatable bonds is 12. The summed E-state index contributed by atoms with van der Waals surface area (Å²) in [6.07, 6.45) is 7.73. The maximum Gasteiger partial charge on any atom is 0.330 e. The first-order valence-electron chi connectivity index (χ1n) is 9.83. The second-order valence-corrected chi connectivity index (χ2v) is 6.31. The summed E-state index contributed by atoms with van der Waals surface area (Å²) in [5.41, 5.74) is 1.49. The van der Waals surface area contributed by atoms with Crippen LogP contribution >= 0.6 is 0 Å². The Labute approximate surface area is 172 Å². The molecule has 1 N–H and O–H groups in total. The highest BCUT2D eigenvalue weighted by Crippen LogP contribution is 2.24. The molecule has 0 bridgehead atoms. The molecule has 0 fully saturated rings. The van der Waals surface area contributed by atoms with Gasteiger partial charge in [0.1, 0.15) is 5.75 Å². The van der Waals surface area contributed by atoms with E-state index in [0.29, 0.717) is 25.4 Å². The van der Waals surface area contributed by atoms with Gasteiger partial charge in [-0.1, -0.05) is 17.9 Å². The summed E-state index contributed by atoms with van der Waals surface area (Å²) in [7, 11) is 1.33. The molecule has 0 unspecified atom stereocenters. The Morgan fingerprint density at radius 3 is 2.62 bits per heavy atom. The van der Waals surface area contributed by atoms with Gasteiger partial charge in [0.25, 0.3) is 0 Å². The van der Waals surface area contributed by atoms with Crippen molar-refractivity contribution in [2.75, 3.05) is 26.9 Å². The van der Waals surface area contributed by atoms with Crippen LogP contribution in [-0.4, -0.2) is 44.0 Å². The Hall–Kier alpha value is -2.78. The number of unbranched alkanes of at least 4 members (excludes halogenated alkanes) is 4. The van der Waals surface area contributed by atoms with Gasteiger partial charge in [-0.3, -0.25) is 4.79 Å². The number of hydrogen-bond donors (Lipinski definition) is 1. The molecule has 0 aromatic heterocycles. The molecule has 158 valence electrons. The van der Waals surface area contributed by atoms with Gasteiger partial charge in [0.05, 0.1) is 20.3 Å². The fraction of sp³-hybridized carbons (Fsp3) is 0.478. The lowest BCUT2D eigenvalue weighted by molar-refractivity contribution is -0.141. The topological polar surface area (TPSA) is 82.1 Å². The number of carbonyl (C=O) groups is 2. The van der Waals surface area contributed by atoms with Gasteiger partial charge in [-0.25, -0.2) is 4.79 Å². The summed E-state index contributed by atoms with van der Waals surface area (Å²) in [5.74, 6) is 6.14. The molecule has 0 radical (unpaired) electrons. The molecule has 0 spiro atoms. The van der Waals surface area contributed by atoms with Crippen LogP contribution in [0.2, 0.25) is 0 Å². The monoisotopic (exact) mass is 402 g/mol. The molecule has 0 aliphatic rings. The van der Waals surface area contributed by atoms with Gasteiger partial charge < -0.3 is 19.3 Å². The standard InChI is InChI=1S/C23H30O6/c1-19(25)28-17-8-5-9-18-29-22-13-10-12-20(11-6-3-4-7-16-24)21(22)14-15-23(26)27-2/h10,12-15,24H,3-5,7-9,16-18H2,1-2H3. The normalized spacial score (nSPS) is 10.3. The number of ether oxygens (including phenoxy) is 3. The molecule has 0 heterocycles. The molecular weight excluding hydrogens is 372 g/mol. The van der Waals surface area contributed by atoms with E-state index in [1.54, 1.807) is 6.08 Å². The van der Waals surface area contributed by atoms with E-state index in [4.69, 9.17) is 14.6 Å². The van der Waals surface area contributed by atoms with E-state index >= 15 is 0 Å². The van der Waals surface area contributed by atoms with E-state index in [-0.39, 0.29) is 12.6 Å². The largest absolute Gasteiger partial charge is 0.493 e. The van der Waals surface area contributed by atoms with Crippen molar-refractivity contribution in [1.29, 1.82) is 0 Å². The zero-order chi connectivity index (χ0) is 21.3. The highest BCUT2D eigenvalue weighted by molar-refractivity contribution is 5.88. The van der Waals surface area contributed by atoms with Crippen molar-refractivity contribution < 1.29 is 28.9 Å². The average Bonchev–Trinajstić information content (AvgIpc) is 2.71. The Bertz CT molecular complexity index is 727. The first-order valence-corrected chi connectivity index (χ1v) is 9.83. The van der Waals surface area contributed by atoms with Crippen molar-refractivity contribution >= 4 is 18.0 Å². The van der Waals surface area contributed by atoms with Gasteiger partial charge in [0, 0.05) is 37.2 Å². The summed E-state index contributed by atoms with van der Waals surface area (Å²) in [6, 6.07) is 5.58. The molecule has 0 aliphatic carbocycles.